The van der Waals surface area contributed by atoms with Crippen molar-refractivity contribution in [3.63, 3.8) is 0 Å². The molecular formula is C15H23NO. The van der Waals surface area contributed by atoms with Gasteiger partial charge in [0.15, 0.2) is 0 Å². The predicted octanol–water partition coefficient (Wildman–Crippen LogP) is 2.81. The van der Waals surface area contributed by atoms with Crippen LogP contribution in [0.2, 0.25) is 0 Å². The molecule has 17 heavy (non-hydrogen) atoms. The van der Waals surface area contributed by atoms with E-state index in [2.05, 4.69) is 29.6 Å². The molecule has 2 rings (SSSR count). The Hall–Kier alpha value is -0.860. The van der Waals surface area contributed by atoms with Crippen LogP contribution in [0, 0.1) is 0 Å². The lowest BCUT2D eigenvalue weighted by molar-refractivity contribution is 0.0759. The number of benzene rings is 1. The number of fused-ring (bicyclic) bond motifs is 1. The van der Waals surface area contributed by atoms with Crippen LogP contribution in [-0.4, -0.2) is 17.3 Å². The van der Waals surface area contributed by atoms with E-state index in [0.29, 0.717) is 12.6 Å². The second-order valence-corrected chi connectivity index (χ2v) is 5.69. The van der Waals surface area contributed by atoms with Crippen LogP contribution in [0.15, 0.2) is 24.3 Å². The van der Waals surface area contributed by atoms with E-state index >= 15 is 0 Å². The first-order chi connectivity index (χ1) is 8.06. The molecule has 0 aliphatic heterocycles. The molecule has 1 aromatic carbocycles. The zero-order valence-electron chi connectivity index (χ0n) is 10.9. The molecule has 1 aromatic rings. The molecule has 0 saturated carbocycles. The van der Waals surface area contributed by atoms with Crippen LogP contribution in [0.3, 0.4) is 0 Å². The summed E-state index contributed by atoms with van der Waals surface area (Å²) >= 11 is 0. The van der Waals surface area contributed by atoms with Gasteiger partial charge in [-0.25, -0.2) is 0 Å². The zero-order chi connectivity index (χ0) is 12.3. The fourth-order valence-corrected chi connectivity index (χ4v) is 2.51. The Balaban J connectivity index is 2.12. The number of aliphatic hydroxyl groups is 1. The minimum atomic E-state index is -0.638. The number of aryl methyl sites for hydroxylation is 1. The summed E-state index contributed by atoms with van der Waals surface area (Å²) in [6.07, 6.45) is 4.90. The fraction of sp³-hybridized carbons (Fsp3) is 0.600. The largest absolute Gasteiger partial charge is 0.389 e. The monoisotopic (exact) mass is 233 g/mol. The molecule has 0 radical (unpaired) electrons. The maximum absolute atomic E-state index is 9.80. The highest BCUT2D eigenvalue weighted by Crippen LogP contribution is 2.28. The van der Waals surface area contributed by atoms with Gasteiger partial charge >= 0.3 is 0 Å². The Morgan fingerprint density at radius 1 is 1.29 bits per heavy atom. The molecule has 2 nitrogen and oxygen atoms in total. The van der Waals surface area contributed by atoms with Gasteiger partial charge in [-0.2, -0.15) is 0 Å². The molecular weight excluding hydrogens is 210 g/mol. The summed E-state index contributed by atoms with van der Waals surface area (Å²) in [6, 6.07) is 9.10. The van der Waals surface area contributed by atoms with Crippen LogP contribution in [0.5, 0.6) is 0 Å². The molecule has 1 aliphatic rings. The quantitative estimate of drug-likeness (QED) is 0.787. The second-order valence-electron chi connectivity index (χ2n) is 5.69. The first-order valence-electron chi connectivity index (χ1n) is 6.60. The van der Waals surface area contributed by atoms with Crippen LogP contribution < -0.4 is 5.32 Å². The molecule has 2 heteroatoms. The Kier molecular flexibility index (Phi) is 3.85. The van der Waals surface area contributed by atoms with Crippen molar-refractivity contribution in [1.29, 1.82) is 0 Å². The van der Waals surface area contributed by atoms with Gasteiger partial charge in [0.1, 0.15) is 0 Å². The van der Waals surface area contributed by atoms with Gasteiger partial charge < -0.3 is 10.4 Å². The lowest BCUT2D eigenvalue weighted by atomic mass is 9.98. The van der Waals surface area contributed by atoms with Crippen molar-refractivity contribution in [3.05, 3.63) is 35.4 Å². The van der Waals surface area contributed by atoms with E-state index in [-0.39, 0.29) is 0 Å². The predicted molar refractivity (Wildman–Crippen MR) is 71.0 cm³/mol. The van der Waals surface area contributed by atoms with Gasteiger partial charge in [-0.1, -0.05) is 30.7 Å². The van der Waals surface area contributed by atoms with Gasteiger partial charge in [-0.15, -0.1) is 0 Å². The molecule has 2 N–H and O–H groups in total. The van der Waals surface area contributed by atoms with Crippen molar-refractivity contribution >= 4 is 0 Å². The standard InChI is InChI=1S/C15H23NO/c1-15(2,17)11-16-14-10-6-4-8-12-7-3-5-9-13(12)14/h3,5,7,9,14,16-17H,4,6,8,10-11H2,1-2H3. The molecule has 1 atom stereocenters. The van der Waals surface area contributed by atoms with Crippen LogP contribution in [0.1, 0.15) is 50.3 Å². The molecule has 0 fully saturated rings. The first-order valence-corrected chi connectivity index (χ1v) is 6.60. The molecule has 1 aliphatic carbocycles. The number of rotatable bonds is 3. The number of hydrogen-bond acceptors (Lipinski definition) is 2. The molecule has 0 heterocycles. The molecule has 0 saturated heterocycles. The van der Waals surface area contributed by atoms with Crippen molar-refractivity contribution < 1.29 is 5.11 Å². The average molecular weight is 233 g/mol. The third-order valence-corrected chi connectivity index (χ3v) is 3.40. The van der Waals surface area contributed by atoms with Crippen molar-refractivity contribution in [2.45, 2.75) is 51.2 Å². The Morgan fingerprint density at radius 3 is 2.82 bits per heavy atom. The minimum absolute atomic E-state index is 0.403. The van der Waals surface area contributed by atoms with E-state index < -0.39 is 5.60 Å². The number of nitrogens with one attached hydrogen (secondary N) is 1. The maximum atomic E-state index is 9.80. The smallest absolute Gasteiger partial charge is 0.0715 e. The van der Waals surface area contributed by atoms with Crippen LogP contribution in [-0.2, 0) is 6.42 Å². The van der Waals surface area contributed by atoms with Crippen molar-refractivity contribution in [2.24, 2.45) is 0 Å². The second kappa shape index (κ2) is 5.19. The maximum Gasteiger partial charge on any atom is 0.0715 e. The van der Waals surface area contributed by atoms with Gasteiger partial charge in [0.2, 0.25) is 0 Å². The summed E-state index contributed by atoms with van der Waals surface area (Å²) in [5, 5.41) is 13.3. The lowest BCUT2D eigenvalue weighted by Crippen LogP contribution is -2.37. The van der Waals surface area contributed by atoms with E-state index in [0.717, 1.165) is 0 Å². The van der Waals surface area contributed by atoms with E-state index in [4.69, 9.17) is 0 Å². The number of hydrogen-bond donors (Lipinski definition) is 2. The minimum Gasteiger partial charge on any atom is -0.389 e. The van der Waals surface area contributed by atoms with Crippen LogP contribution in [0.25, 0.3) is 0 Å². The summed E-state index contributed by atoms with van der Waals surface area (Å²) in [5.74, 6) is 0. The van der Waals surface area contributed by atoms with E-state index in [9.17, 15) is 5.11 Å². The van der Waals surface area contributed by atoms with Crippen LogP contribution in [0.4, 0.5) is 0 Å². The van der Waals surface area contributed by atoms with E-state index in [1.165, 1.54) is 36.8 Å². The summed E-state index contributed by atoms with van der Waals surface area (Å²) in [4.78, 5) is 0. The Morgan fingerprint density at radius 2 is 2.06 bits per heavy atom. The molecule has 1 unspecified atom stereocenters. The third kappa shape index (κ3) is 3.55. The highest BCUT2D eigenvalue weighted by molar-refractivity contribution is 5.31. The summed E-state index contributed by atoms with van der Waals surface area (Å²) in [5.41, 5.74) is 2.26. The van der Waals surface area contributed by atoms with Gasteiger partial charge in [-0.3, -0.25) is 0 Å². The molecule has 94 valence electrons. The summed E-state index contributed by atoms with van der Waals surface area (Å²) in [7, 11) is 0. The van der Waals surface area contributed by atoms with Crippen molar-refractivity contribution in [2.75, 3.05) is 6.54 Å². The molecule has 0 amide bonds. The van der Waals surface area contributed by atoms with Crippen molar-refractivity contribution in [1.82, 2.24) is 5.32 Å². The third-order valence-electron chi connectivity index (χ3n) is 3.40. The average Bonchev–Trinajstić information content (AvgIpc) is 2.47. The van der Waals surface area contributed by atoms with Gasteiger partial charge in [-0.05, 0) is 44.2 Å². The first kappa shape index (κ1) is 12.6. The molecule has 0 spiro atoms. The molecule has 0 bridgehead atoms. The van der Waals surface area contributed by atoms with E-state index in [1.807, 2.05) is 13.8 Å². The summed E-state index contributed by atoms with van der Waals surface area (Å²) in [6.45, 7) is 4.34. The fourth-order valence-electron chi connectivity index (χ4n) is 2.51. The molecule has 0 aromatic heterocycles. The summed E-state index contributed by atoms with van der Waals surface area (Å²) < 4.78 is 0. The van der Waals surface area contributed by atoms with Crippen molar-refractivity contribution in [3.8, 4) is 0 Å². The Labute approximate surface area is 104 Å². The lowest BCUT2D eigenvalue weighted by Gasteiger charge is -2.24. The zero-order valence-corrected chi connectivity index (χ0v) is 10.9. The van der Waals surface area contributed by atoms with E-state index in [1.54, 1.807) is 0 Å². The normalized spacial score (nSPS) is 20.8. The van der Waals surface area contributed by atoms with Gasteiger partial charge in [0.05, 0.1) is 5.60 Å². The SMILES string of the molecule is CC(C)(O)CNC1CCCCc2ccccc21. The Bertz CT molecular complexity index is 367. The van der Waals surface area contributed by atoms with Crippen LogP contribution >= 0.6 is 0 Å². The highest BCUT2D eigenvalue weighted by Gasteiger charge is 2.20. The van der Waals surface area contributed by atoms with Gasteiger partial charge in [0, 0.05) is 12.6 Å². The highest BCUT2D eigenvalue weighted by atomic mass is 16.3. The van der Waals surface area contributed by atoms with Gasteiger partial charge in [0.25, 0.3) is 0 Å². The topological polar surface area (TPSA) is 32.3 Å².